The van der Waals surface area contributed by atoms with Crippen molar-refractivity contribution in [2.24, 2.45) is 0 Å². The highest BCUT2D eigenvalue weighted by atomic mass is 32.2. The molecule has 13 heteroatoms. The molecule has 2 atom stereocenters. The molecule has 1 fully saturated rings. The number of benzene rings is 2. The summed E-state index contributed by atoms with van der Waals surface area (Å²) in [6.45, 7) is 2.42. The predicted molar refractivity (Wildman–Crippen MR) is 117 cm³/mol. The standard InChI is InChI=1S/C21H22FN3O8S/c1-12-3-5-16(7-13(12)2)34(31,32)24-10-15(26)9-19(24)21(28)33-11-20(27)23-14-4-6-17(22)18(8-14)25(29)30/h3-8,15,19,26H,9-11H2,1-2H3,(H,23,27). The minimum Gasteiger partial charge on any atom is -0.454 e. The van der Waals surface area contributed by atoms with Crippen LogP contribution in [0.25, 0.3) is 0 Å². The van der Waals surface area contributed by atoms with E-state index >= 15 is 0 Å². The Hall–Kier alpha value is -3.42. The SMILES string of the molecule is Cc1ccc(S(=O)(=O)N2CC(O)CC2C(=O)OCC(=O)Nc2ccc(F)c([N+](=O)[O-])c2)cc1C. The van der Waals surface area contributed by atoms with E-state index in [0.29, 0.717) is 0 Å². The number of nitrogens with zero attached hydrogens (tertiary/aromatic N) is 2. The fraction of sp³-hybridized carbons (Fsp3) is 0.333. The number of sulfonamides is 1. The monoisotopic (exact) mass is 495 g/mol. The van der Waals surface area contributed by atoms with Gasteiger partial charge in [-0.2, -0.15) is 8.70 Å². The first-order valence-electron chi connectivity index (χ1n) is 10.1. The van der Waals surface area contributed by atoms with E-state index in [0.717, 1.165) is 33.6 Å². The van der Waals surface area contributed by atoms with Crippen LogP contribution in [0.15, 0.2) is 41.3 Å². The Morgan fingerprint density at radius 1 is 1.24 bits per heavy atom. The number of amides is 1. The highest BCUT2D eigenvalue weighted by Crippen LogP contribution is 2.28. The Morgan fingerprint density at radius 3 is 2.59 bits per heavy atom. The van der Waals surface area contributed by atoms with E-state index in [2.05, 4.69) is 5.32 Å². The van der Waals surface area contributed by atoms with E-state index in [1.165, 1.54) is 12.1 Å². The van der Waals surface area contributed by atoms with E-state index in [9.17, 15) is 37.6 Å². The number of esters is 1. The molecule has 2 aromatic carbocycles. The van der Waals surface area contributed by atoms with Gasteiger partial charge in [0.05, 0.1) is 15.9 Å². The van der Waals surface area contributed by atoms with Gasteiger partial charge in [0.2, 0.25) is 15.8 Å². The number of halogens is 1. The number of rotatable bonds is 7. The zero-order chi connectivity index (χ0) is 25.2. The van der Waals surface area contributed by atoms with Crippen LogP contribution < -0.4 is 5.32 Å². The van der Waals surface area contributed by atoms with Crippen LogP contribution in [0.1, 0.15) is 17.5 Å². The van der Waals surface area contributed by atoms with E-state index in [4.69, 9.17) is 4.74 Å². The third-order valence-electron chi connectivity index (χ3n) is 5.36. The van der Waals surface area contributed by atoms with Gasteiger partial charge in [-0.25, -0.2) is 8.42 Å². The third-order valence-corrected chi connectivity index (χ3v) is 7.23. The Kier molecular flexibility index (Phi) is 7.29. The summed E-state index contributed by atoms with van der Waals surface area (Å²) in [4.78, 5) is 34.5. The number of carbonyl (C=O) groups excluding carboxylic acids is 2. The second kappa shape index (κ2) is 9.83. The zero-order valence-corrected chi connectivity index (χ0v) is 19.0. The topological polar surface area (TPSA) is 156 Å². The van der Waals surface area contributed by atoms with Crippen molar-refractivity contribution in [3.63, 3.8) is 0 Å². The summed E-state index contributed by atoms with van der Waals surface area (Å²) in [7, 11) is -4.14. The molecule has 0 spiro atoms. The lowest BCUT2D eigenvalue weighted by atomic mass is 10.1. The van der Waals surface area contributed by atoms with Gasteiger partial charge in [0, 0.05) is 24.7 Å². The first-order chi connectivity index (χ1) is 15.9. The van der Waals surface area contributed by atoms with E-state index in [1.54, 1.807) is 13.0 Å². The van der Waals surface area contributed by atoms with Crippen LogP contribution in [0.2, 0.25) is 0 Å². The largest absolute Gasteiger partial charge is 0.454 e. The van der Waals surface area contributed by atoms with Crippen molar-refractivity contribution in [2.45, 2.75) is 37.3 Å². The van der Waals surface area contributed by atoms with Gasteiger partial charge in [-0.1, -0.05) is 6.07 Å². The Morgan fingerprint density at radius 2 is 1.94 bits per heavy atom. The molecule has 2 aromatic rings. The molecule has 1 aliphatic heterocycles. The molecular formula is C21H22FN3O8S. The van der Waals surface area contributed by atoms with Crippen molar-refractivity contribution < 1.29 is 37.2 Å². The molecule has 11 nitrogen and oxygen atoms in total. The van der Waals surface area contributed by atoms with Crippen molar-refractivity contribution in [1.82, 2.24) is 4.31 Å². The number of nitrogens with one attached hydrogen (secondary N) is 1. The number of ether oxygens (including phenoxy) is 1. The van der Waals surface area contributed by atoms with Gasteiger partial charge in [-0.3, -0.25) is 19.7 Å². The molecule has 2 N–H and O–H groups in total. The van der Waals surface area contributed by atoms with E-state index in [-0.39, 0.29) is 23.5 Å². The second-order valence-electron chi connectivity index (χ2n) is 7.81. The van der Waals surface area contributed by atoms with Gasteiger partial charge in [-0.05, 0) is 49.2 Å². The van der Waals surface area contributed by atoms with Gasteiger partial charge < -0.3 is 15.2 Å². The molecule has 0 radical (unpaired) electrons. The average molecular weight is 495 g/mol. The number of aliphatic hydroxyl groups is 1. The molecule has 0 aromatic heterocycles. The average Bonchev–Trinajstić information content (AvgIpc) is 3.17. The second-order valence-corrected chi connectivity index (χ2v) is 9.70. The van der Waals surface area contributed by atoms with Crippen molar-refractivity contribution in [3.8, 4) is 0 Å². The third kappa shape index (κ3) is 5.38. The summed E-state index contributed by atoms with van der Waals surface area (Å²) in [5.41, 5.74) is 0.679. The molecule has 1 heterocycles. The summed E-state index contributed by atoms with van der Waals surface area (Å²) in [5.74, 6) is -3.00. The number of β-amino-alcohol motifs (C(OH)–C–C–N with tert-alkyl or cyclic N) is 1. The number of nitro groups is 1. The number of anilines is 1. The molecule has 2 unspecified atom stereocenters. The molecule has 34 heavy (non-hydrogen) atoms. The summed E-state index contributed by atoms with van der Waals surface area (Å²) in [5, 5.41) is 23.1. The lowest BCUT2D eigenvalue weighted by Crippen LogP contribution is -2.42. The quantitative estimate of drug-likeness (QED) is 0.334. The lowest BCUT2D eigenvalue weighted by molar-refractivity contribution is -0.387. The number of hydrogen-bond donors (Lipinski definition) is 2. The maximum absolute atomic E-state index is 13.4. The highest BCUT2D eigenvalue weighted by Gasteiger charge is 2.44. The van der Waals surface area contributed by atoms with Crippen molar-refractivity contribution in [3.05, 3.63) is 63.5 Å². The summed E-state index contributed by atoms with van der Waals surface area (Å²) >= 11 is 0. The number of aryl methyl sites for hydroxylation is 2. The van der Waals surface area contributed by atoms with Crippen LogP contribution in [0.4, 0.5) is 15.8 Å². The molecule has 0 bridgehead atoms. The number of carbonyl (C=O) groups is 2. The van der Waals surface area contributed by atoms with E-state index < -0.39 is 57.1 Å². The van der Waals surface area contributed by atoms with Crippen molar-refractivity contribution >= 4 is 33.3 Å². The first kappa shape index (κ1) is 25.2. The number of hydrogen-bond acceptors (Lipinski definition) is 8. The maximum atomic E-state index is 13.4. The van der Waals surface area contributed by atoms with E-state index in [1.807, 2.05) is 6.92 Å². The van der Waals surface area contributed by atoms with Crippen LogP contribution >= 0.6 is 0 Å². The van der Waals surface area contributed by atoms with Crippen LogP contribution in [0, 0.1) is 29.8 Å². The van der Waals surface area contributed by atoms with Crippen molar-refractivity contribution in [1.29, 1.82) is 0 Å². The van der Waals surface area contributed by atoms with Gasteiger partial charge in [0.1, 0.15) is 6.04 Å². The maximum Gasteiger partial charge on any atom is 0.325 e. The highest BCUT2D eigenvalue weighted by molar-refractivity contribution is 7.89. The predicted octanol–water partition coefficient (Wildman–Crippen LogP) is 1.66. The Bertz CT molecular complexity index is 1250. The zero-order valence-electron chi connectivity index (χ0n) is 18.2. The van der Waals surface area contributed by atoms with Crippen LogP contribution in [0.3, 0.4) is 0 Å². The summed E-state index contributed by atoms with van der Waals surface area (Å²) in [6, 6.07) is 5.85. The molecule has 182 valence electrons. The minimum absolute atomic E-state index is 0.0434. The summed E-state index contributed by atoms with van der Waals surface area (Å²) in [6.07, 6.45) is -1.32. The fourth-order valence-electron chi connectivity index (χ4n) is 3.43. The van der Waals surface area contributed by atoms with Crippen LogP contribution in [-0.4, -0.2) is 59.9 Å². The van der Waals surface area contributed by atoms with Gasteiger partial charge in [-0.15, -0.1) is 0 Å². The molecule has 0 aliphatic carbocycles. The van der Waals surface area contributed by atoms with Gasteiger partial charge >= 0.3 is 11.7 Å². The molecule has 0 saturated carbocycles. The Balaban J connectivity index is 1.68. The lowest BCUT2D eigenvalue weighted by Gasteiger charge is -2.22. The Labute approximate surface area is 194 Å². The normalized spacial score (nSPS) is 18.5. The van der Waals surface area contributed by atoms with Crippen LogP contribution in [-0.2, 0) is 24.3 Å². The number of nitro benzene ring substituents is 1. The molecule has 3 rings (SSSR count). The summed E-state index contributed by atoms with van der Waals surface area (Å²) < 4.78 is 45.4. The fourth-order valence-corrected chi connectivity index (χ4v) is 5.15. The van der Waals surface area contributed by atoms with Crippen molar-refractivity contribution in [2.75, 3.05) is 18.5 Å². The first-order valence-corrected chi connectivity index (χ1v) is 11.5. The minimum atomic E-state index is -4.14. The van der Waals surface area contributed by atoms with Crippen LogP contribution in [0.5, 0.6) is 0 Å². The molecule has 1 saturated heterocycles. The molecule has 1 aliphatic rings. The van der Waals surface area contributed by atoms with Gasteiger partial charge in [0.25, 0.3) is 5.91 Å². The van der Waals surface area contributed by atoms with Gasteiger partial charge in [0.15, 0.2) is 6.61 Å². The molecular weight excluding hydrogens is 473 g/mol. The number of aliphatic hydroxyl groups excluding tert-OH is 1. The smallest absolute Gasteiger partial charge is 0.325 e. The molecule has 1 amide bonds.